The fourth-order valence-corrected chi connectivity index (χ4v) is 5.42. The molecule has 0 unspecified atom stereocenters. The van der Waals surface area contributed by atoms with Gasteiger partial charge in [-0.15, -0.1) is 0 Å². The van der Waals surface area contributed by atoms with Crippen LogP contribution in [0.15, 0.2) is 47.4 Å². The number of carbonyl (C=O) groups excluding carboxylic acids is 1. The van der Waals surface area contributed by atoms with Gasteiger partial charge in [0.15, 0.2) is 0 Å². The Kier molecular flexibility index (Phi) is 4.91. The van der Waals surface area contributed by atoms with E-state index < -0.39 is 15.6 Å². The van der Waals surface area contributed by atoms with Gasteiger partial charge < -0.3 is 9.64 Å². The molecule has 0 fully saturated rings. The first kappa shape index (κ1) is 19.9. The lowest BCUT2D eigenvalue weighted by molar-refractivity contribution is -0.118. The van der Waals surface area contributed by atoms with Crippen molar-refractivity contribution in [3.63, 3.8) is 0 Å². The van der Waals surface area contributed by atoms with E-state index in [0.29, 0.717) is 31.6 Å². The number of amides is 1. The number of hydrogen-bond donors (Lipinski definition) is 1. The summed E-state index contributed by atoms with van der Waals surface area (Å²) in [6.07, 6.45) is 1.63. The largest absolute Gasteiger partial charge is 0.487 e. The highest BCUT2D eigenvalue weighted by molar-refractivity contribution is 7.89. The number of nitrogens with zero attached hydrogens (tertiary/aromatic N) is 1. The van der Waals surface area contributed by atoms with E-state index in [1.165, 1.54) is 0 Å². The van der Waals surface area contributed by atoms with Crippen molar-refractivity contribution in [2.75, 3.05) is 11.4 Å². The average molecular weight is 415 g/mol. The number of benzene rings is 2. The summed E-state index contributed by atoms with van der Waals surface area (Å²) in [5.74, 6) is 0.762. The van der Waals surface area contributed by atoms with Gasteiger partial charge in [0.2, 0.25) is 15.9 Å². The Bertz CT molecular complexity index is 1060. The van der Waals surface area contributed by atoms with Gasteiger partial charge in [-0.1, -0.05) is 25.1 Å². The number of rotatable bonds is 4. The van der Waals surface area contributed by atoms with Gasteiger partial charge in [0.1, 0.15) is 11.4 Å². The summed E-state index contributed by atoms with van der Waals surface area (Å²) in [6, 6.07) is 12.2. The maximum atomic E-state index is 13.2. The first-order valence-corrected chi connectivity index (χ1v) is 11.4. The summed E-state index contributed by atoms with van der Waals surface area (Å²) in [5, 5.41) is 0. The van der Waals surface area contributed by atoms with Crippen LogP contribution < -0.4 is 14.4 Å². The molecular formula is C22H26N2O4S. The average Bonchev–Trinajstić information content (AvgIpc) is 3.09. The van der Waals surface area contributed by atoms with Crippen molar-refractivity contribution in [1.82, 2.24) is 4.72 Å². The number of fused-ring (bicyclic) bond motifs is 2. The van der Waals surface area contributed by atoms with Crippen LogP contribution in [0.3, 0.4) is 0 Å². The number of nitrogens with one attached hydrogen (secondary N) is 1. The topological polar surface area (TPSA) is 75.7 Å². The summed E-state index contributed by atoms with van der Waals surface area (Å²) in [4.78, 5) is 14.0. The minimum absolute atomic E-state index is 0.0542. The Balaban J connectivity index is 1.63. The Labute approximate surface area is 171 Å². The van der Waals surface area contributed by atoms with Crippen molar-refractivity contribution in [1.29, 1.82) is 0 Å². The molecule has 1 atom stereocenters. The van der Waals surface area contributed by atoms with Gasteiger partial charge in [-0.3, -0.25) is 4.79 Å². The van der Waals surface area contributed by atoms with Crippen LogP contribution in [0.5, 0.6) is 5.75 Å². The SMILES string of the molecule is CCC(=O)N1CCc2cc(S(=O)(=O)N[C@H]3CC(C)(C)Oc4ccccc43)ccc21. The highest BCUT2D eigenvalue weighted by Crippen LogP contribution is 2.40. The molecule has 0 bridgehead atoms. The van der Waals surface area contributed by atoms with Gasteiger partial charge in [0, 0.05) is 30.6 Å². The highest BCUT2D eigenvalue weighted by atomic mass is 32.2. The molecule has 4 rings (SSSR count). The molecule has 2 aliphatic heterocycles. The van der Waals surface area contributed by atoms with E-state index in [1.54, 1.807) is 23.1 Å². The molecule has 6 nitrogen and oxygen atoms in total. The molecule has 1 amide bonds. The van der Waals surface area contributed by atoms with E-state index in [9.17, 15) is 13.2 Å². The standard InChI is InChI=1S/C22H26N2O4S/c1-4-21(25)24-12-11-15-13-16(9-10-19(15)24)29(26,27)23-18-14-22(2,3)28-20-8-6-5-7-17(18)20/h5-10,13,18,23H,4,11-12,14H2,1-3H3/t18-/m0/s1. The second-order valence-electron chi connectivity index (χ2n) is 8.22. The first-order chi connectivity index (χ1) is 13.7. The van der Waals surface area contributed by atoms with Crippen LogP contribution in [0, 0.1) is 0 Å². The molecule has 154 valence electrons. The van der Waals surface area contributed by atoms with Gasteiger partial charge in [-0.2, -0.15) is 0 Å². The van der Waals surface area contributed by atoms with E-state index in [2.05, 4.69) is 4.72 Å². The molecule has 0 saturated carbocycles. The predicted molar refractivity (Wildman–Crippen MR) is 112 cm³/mol. The third kappa shape index (κ3) is 3.76. The van der Waals surface area contributed by atoms with Gasteiger partial charge in [0.25, 0.3) is 0 Å². The number of para-hydroxylation sites is 1. The second kappa shape index (κ2) is 7.15. The number of carbonyl (C=O) groups is 1. The molecular weight excluding hydrogens is 388 g/mol. The summed E-state index contributed by atoms with van der Waals surface area (Å²) in [6.45, 7) is 6.34. The van der Waals surface area contributed by atoms with Crippen LogP contribution >= 0.6 is 0 Å². The molecule has 0 radical (unpaired) electrons. The molecule has 0 aromatic heterocycles. The summed E-state index contributed by atoms with van der Waals surface area (Å²) in [5.41, 5.74) is 2.08. The van der Waals surface area contributed by atoms with E-state index in [1.807, 2.05) is 45.0 Å². The lowest BCUT2D eigenvalue weighted by Crippen LogP contribution is -2.41. The monoisotopic (exact) mass is 414 g/mol. The molecule has 1 N–H and O–H groups in total. The van der Waals surface area contributed by atoms with Crippen LogP contribution in [0.25, 0.3) is 0 Å². The van der Waals surface area contributed by atoms with E-state index in [0.717, 1.165) is 16.8 Å². The van der Waals surface area contributed by atoms with E-state index >= 15 is 0 Å². The Morgan fingerprint density at radius 1 is 1.24 bits per heavy atom. The van der Waals surface area contributed by atoms with Crippen LogP contribution in [0.4, 0.5) is 5.69 Å². The first-order valence-electron chi connectivity index (χ1n) is 9.94. The van der Waals surface area contributed by atoms with Crippen molar-refractivity contribution >= 4 is 21.6 Å². The third-order valence-electron chi connectivity index (χ3n) is 5.53. The molecule has 2 aromatic carbocycles. The number of hydrogen-bond acceptors (Lipinski definition) is 4. The lowest BCUT2D eigenvalue weighted by atomic mass is 9.90. The van der Waals surface area contributed by atoms with Gasteiger partial charge >= 0.3 is 0 Å². The van der Waals surface area contributed by atoms with Crippen molar-refractivity contribution in [2.45, 2.75) is 56.6 Å². The van der Waals surface area contributed by atoms with E-state index in [4.69, 9.17) is 4.74 Å². The van der Waals surface area contributed by atoms with Crippen molar-refractivity contribution in [3.05, 3.63) is 53.6 Å². The van der Waals surface area contributed by atoms with Crippen LogP contribution in [-0.4, -0.2) is 26.5 Å². The van der Waals surface area contributed by atoms with Gasteiger partial charge in [0.05, 0.1) is 10.9 Å². The summed E-state index contributed by atoms with van der Waals surface area (Å²) in [7, 11) is -3.73. The second-order valence-corrected chi connectivity index (χ2v) is 9.93. The minimum atomic E-state index is -3.73. The zero-order chi connectivity index (χ0) is 20.8. The molecule has 0 aliphatic carbocycles. The molecule has 2 aliphatic rings. The summed E-state index contributed by atoms with van der Waals surface area (Å²) >= 11 is 0. The summed E-state index contributed by atoms with van der Waals surface area (Å²) < 4.78 is 35.2. The quantitative estimate of drug-likeness (QED) is 0.830. The van der Waals surface area contributed by atoms with E-state index in [-0.39, 0.29) is 16.8 Å². The molecule has 7 heteroatoms. The normalized spacial score (nSPS) is 20.0. The Morgan fingerprint density at radius 3 is 2.76 bits per heavy atom. The van der Waals surface area contributed by atoms with Gasteiger partial charge in [-0.05, 0) is 50.1 Å². The Hall–Kier alpha value is -2.38. The van der Waals surface area contributed by atoms with Crippen LogP contribution in [0.1, 0.15) is 50.8 Å². The molecule has 2 heterocycles. The predicted octanol–water partition coefficient (Wildman–Crippen LogP) is 3.57. The van der Waals surface area contributed by atoms with Crippen molar-refractivity contribution in [3.8, 4) is 5.75 Å². The third-order valence-corrected chi connectivity index (χ3v) is 7.00. The molecule has 29 heavy (non-hydrogen) atoms. The fraction of sp³-hybridized carbons (Fsp3) is 0.409. The maximum Gasteiger partial charge on any atom is 0.241 e. The van der Waals surface area contributed by atoms with Crippen LogP contribution in [-0.2, 0) is 21.2 Å². The maximum absolute atomic E-state index is 13.2. The molecule has 0 spiro atoms. The zero-order valence-corrected chi connectivity index (χ0v) is 17.8. The van der Waals surface area contributed by atoms with Crippen molar-refractivity contribution < 1.29 is 17.9 Å². The Morgan fingerprint density at radius 2 is 2.00 bits per heavy atom. The fourth-order valence-electron chi connectivity index (χ4n) is 4.16. The number of anilines is 1. The van der Waals surface area contributed by atoms with Crippen molar-refractivity contribution in [2.24, 2.45) is 0 Å². The number of ether oxygens (including phenoxy) is 1. The van der Waals surface area contributed by atoms with Crippen LogP contribution in [0.2, 0.25) is 0 Å². The molecule has 2 aromatic rings. The number of sulfonamides is 1. The smallest absolute Gasteiger partial charge is 0.241 e. The van der Waals surface area contributed by atoms with Gasteiger partial charge in [-0.25, -0.2) is 13.1 Å². The zero-order valence-electron chi connectivity index (χ0n) is 16.9. The lowest BCUT2D eigenvalue weighted by Gasteiger charge is -2.37. The highest BCUT2D eigenvalue weighted by Gasteiger charge is 2.36. The molecule has 0 saturated heterocycles. The minimum Gasteiger partial charge on any atom is -0.487 e.